The van der Waals surface area contributed by atoms with Crippen LogP contribution in [0.3, 0.4) is 0 Å². The Morgan fingerprint density at radius 2 is 1.72 bits per heavy atom. The zero-order chi connectivity index (χ0) is 18.6. The molecule has 0 unspecified atom stereocenters. The van der Waals surface area contributed by atoms with Gasteiger partial charge in [0.05, 0.1) is 4.90 Å². The van der Waals surface area contributed by atoms with Crippen molar-refractivity contribution in [1.82, 2.24) is 9.62 Å². The molecule has 1 aliphatic rings. The molecule has 1 heterocycles. The van der Waals surface area contributed by atoms with E-state index in [1.165, 1.54) is 31.2 Å². The number of amides is 1. The fourth-order valence-corrected chi connectivity index (χ4v) is 4.19. The fourth-order valence-electron chi connectivity index (χ4n) is 2.88. The van der Waals surface area contributed by atoms with Crippen LogP contribution in [0, 0.1) is 5.92 Å². The Bertz CT molecular complexity index is 718. The molecule has 0 bridgehead atoms. The number of benzene rings is 1. The van der Waals surface area contributed by atoms with Crippen molar-refractivity contribution in [3.8, 4) is 0 Å². The Morgan fingerprint density at radius 1 is 1.16 bits per heavy atom. The van der Waals surface area contributed by atoms with E-state index in [0.29, 0.717) is 43.8 Å². The molecule has 25 heavy (non-hydrogen) atoms. The maximum absolute atomic E-state index is 12.5. The quantitative estimate of drug-likeness (QED) is 0.783. The van der Waals surface area contributed by atoms with Gasteiger partial charge in [-0.05, 0) is 37.8 Å². The van der Waals surface area contributed by atoms with Crippen LogP contribution in [0.4, 0.5) is 0 Å². The number of hydrogen-bond acceptors (Lipinski definition) is 4. The Labute approximate surface area is 149 Å². The van der Waals surface area contributed by atoms with Gasteiger partial charge in [-0.15, -0.1) is 0 Å². The van der Waals surface area contributed by atoms with Gasteiger partial charge in [-0.1, -0.05) is 26.0 Å². The first-order valence-electron chi connectivity index (χ1n) is 8.60. The largest absolute Gasteiger partial charge is 0.343 e. The van der Waals surface area contributed by atoms with Gasteiger partial charge in [-0.25, -0.2) is 13.1 Å². The lowest BCUT2D eigenvalue weighted by Crippen LogP contribution is -2.46. The first-order chi connectivity index (χ1) is 11.7. The number of carbonyl (C=O) groups is 2. The SMILES string of the molecule is CC(=O)c1ccc(S(=O)(=O)NC2CCN(C(=O)CC(C)C)CC2)cc1. The van der Waals surface area contributed by atoms with Crippen LogP contribution in [0.5, 0.6) is 0 Å². The van der Waals surface area contributed by atoms with Crippen molar-refractivity contribution in [2.24, 2.45) is 5.92 Å². The first kappa shape index (κ1) is 19.6. The summed E-state index contributed by atoms with van der Waals surface area (Å²) in [4.78, 5) is 25.3. The fraction of sp³-hybridized carbons (Fsp3) is 0.556. The molecular weight excluding hydrogens is 340 g/mol. The molecule has 1 aromatic carbocycles. The predicted molar refractivity (Wildman–Crippen MR) is 95.8 cm³/mol. The minimum atomic E-state index is -3.62. The third-order valence-electron chi connectivity index (χ3n) is 4.32. The molecule has 1 N–H and O–H groups in total. The molecule has 1 amide bonds. The van der Waals surface area contributed by atoms with Crippen LogP contribution in [-0.4, -0.2) is 44.1 Å². The number of sulfonamides is 1. The highest BCUT2D eigenvalue weighted by Gasteiger charge is 2.26. The summed E-state index contributed by atoms with van der Waals surface area (Å²) in [6.45, 7) is 6.60. The minimum Gasteiger partial charge on any atom is -0.343 e. The maximum Gasteiger partial charge on any atom is 0.240 e. The molecule has 1 saturated heterocycles. The molecule has 1 aliphatic heterocycles. The van der Waals surface area contributed by atoms with Crippen LogP contribution >= 0.6 is 0 Å². The molecule has 0 aromatic heterocycles. The topological polar surface area (TPSA) is 83.6 Å². The first-order valence-corrected chi connectivity index (χ1v) is 10.1. The van der Waals surface area contributed by atoms with Crippen molar-refractivity contribution < 1.29 is 18.0 Å². The molecule has 0 aliphatic carbocycles. The minimum absolute atomic E-state index is 0.102. The second kappa shape index (κ2) is 8.10. The van der Waals surface area contributed by atoms with E-state index in [9.17, 15) is 18.0 Å². The smallest absolute Gasteiger partial charge is 0.240 e. The molecule has 7 heteroatoms. The molecular formula is C18H26N2O4S. The Hall–Kier alpha value is -1.73. The van der Waals surface area contributed by atoms with E-state index in [0.717, 1.165) is 0 Å². The highest BCUT2D eigenvalue weighted by molar-refractivity contribution is 7.89. The van der Waals surface area contributed by atoms with E-state index in [4.69, 9.17) is 0 Å². The lowest BCUT2D eigenvalue weighted by molar-refractivity contribution is -0.133. The number of rotatable bonds is 6. The van der Waals surface area contributed by atoms with Crippen molar-refractivity contribution in [2.75, 3.05) is 13.1 Å². The van der Waals surface area contributed by atoms with Crippen molar-refractivity contribution in [3.05, 3.63) is 29.8 Å². The van der Waals surface area contributed by atoms with Gasteiger partial charge in [-0.3, -0.25) is 9.59 Å². The monoisotopic (exact) mass is 366 g/mol. The van der Waals surface area contributed by atoms with Crippen molar-refractivity contribution in [2.45, 2.75) is 51.0 Å². The summed E-state index contributed by atoms with van der Waals surface area (Å²) in [6, 6.07) is 5.75. The number of Topliss-reactive ketones (excluding diaryl/α,β-unsaturated/α-hetero) is 1. The second-order valence-corrected chi connectivity index (χ2v) is 8.67. The van der Waals surface area contributed by atoms with E-state index in [1.54, 1.807) is 0 Å². The highest BCUT2D eigenvalue weighted by atomic mass is 32.2. The number of carbonyl (C=O) groups excluding carboxylic acids is 2. The van der Waals surface area contributed by atoms with Gasteiger partial charge in [0.15, 0.2) is 5.78 Å². The van der Waals surface area contributed by atoms with Gasteiger partial charge in [0.1, 0.15) is 0 Å². The molecule has 0 spiro atoms. The van der Waals surface area contributed by atoms with E-state index in [1.807, 2.05) is 18.7 Å². The molecule has 1 aromatic rings. The number of hydrogen-bond donors (Lipinski definition) is 1. The maximum atomic E-state index is 12.5. The molecule has 0 radical (unpaired) electrons. The normalized spacial score (nSPS) is 16.2. The molecule has 1 fully saturated rings. The van der Waals surface area contributed by atoms with E-state index < -0.39 is 10.0 Å². The summed E-state index contributed by atoms with van der Waals surface area (Å²) in [5.41, 5.74) is 0.482. The molecule has 138 valence electrons. The average molecular weight is 366 g/mol. The lowest BCUT2D eigenvalue weighted by atomic mass is 10.0. The zero-order valence-corrected chi connectivity index (χ0v) is 15.8. The van der Waals surface area contributed by atoms with Gasteiger partial charge in [0.2, 0.25) is 15.9 Å². The van der Waals surface area contributed by atoms with Crippen molar-refractivity contribution >= 4 is 21.7 Å². The van der Waals surface area contributed by atoms with Crippen LogP contribution in [0.15, 0.2) is 29.2 Å². The summed E-state index contributed by atoms with van der Waals surface area (Å²) in [6.07, 6.45) is 1.74. The van der Waals surface area contributed by atoms with Crippen LogP contribution in [-0.2, 0) is 14.8 Å². The van der Waals surface area contributed by atoms with Crippen LogP contribution in [0.25, 0.3) is 0 Å². The Kier molecular flexibility index (Phi) is 6.35. The summed E-state index contributed by atoms with van der Waals surface area (Å²) < 4.78 is 27.6. The third-order valence-corrected chi connectivity index (χ3v) is 5.86. The number of piperidine rings is 1. The summed E-state index contributed by atoms with van der Waals surface area (Å²) in [7, 11) is -3.62. The molecule has 6 nitrogen and oxygen atoms in total. The number of nitrogens with one attached hydrogen (secondary N) is 1. The van der Waals surface area contributed by atoms with Crippen LogP contribution in [0.1, 0.15) is 50.4 Å². The average Bonchev–Trinajstić information content (AvgIpc) is 2.54. The van der Waals surface area contributed by atoms with E-state index in [-0.39, 0.29) is 22.6 Å². The van der Waals surface area contributed by atoms with Gasteiger partial charge < -0.3 is 4.90 Å². The predicted octanol–water partition coefficient (Wildman–Crippen LogP) is 2.20. The van der Waals surface area contributed by atoms with E-state index in [2.05, 4.69) is 4.72 Å². The van der Waals surface area contributed by atoms with Crippen molar-refractivity contribution in [1.29, 1.82) is 0 Å². The van der Waals surface area contributed by atoms with Gasteiger partial charge in [0, 0.05) is 31.1 Å². The number of likely N-dealkylation sites (tertiary alicyclic amines) is 1. The van der Waals surface area contributed by atoms with Gasteiger partial charge in [-0.2, -0.15) is 0 Å². The standard InChI is InChI=1S/C18H26N2O4S/c1-13(2)12-18(22)20-10-8-16(9-11-20)19-25(23,24)17-6-4-15(5-7-17)14(3)21/h4-7,13,16,19H,8-12H2,1-3H3. The molecule has 2 rings (SSSR count). The molecule has 0 atom stereocenters. The van der Waals surface area contributed by atoms with Crippen molar-refractivity contribution in [3.63, 3.8) is 0 Å². The summed E-state index contributed by atoms with van der Waals surface area (Å²) in [5.74, 6) is 0.355. The van der Waals surface area contributed by atoms with Gasteiger partial charge in [0.25, 0.3) is 0 Å². The summed E-state index contributed by atoms with van der Waals surface area (Å²) >= 11 is 0. The lowest BCUT2D eigenvalue weighted by Gasteiger charge is -2.32. The van der Waals surface area contributed by atoms with E-state index >= 15 is 0 Å². The third kappa shape index (κ3) is 5.37. The second-order valence-electron chi connectivity index (χ2n) is 6.95. The summed E-state index contributed by atoms with van der Waals surface area (Å²) in [5, 5.41) is 0. The Morgan fingerprint density at radius 3 is 2.20 bits per heavy atom. The van der Waals surface area contributed by atoms with Gasteiger partial charge >= 0.3 is 0 Å². The van der Waals surface area contributed by atoms with Crippen LogP contribution in [0.2, 0.25) is 0 Å². The van der Waals surface area contributed by atoms with Crippen LogP contribution < -0.4 is 4.72 Å². The molecule has 0 saturated carbocycles. The highest BCUT2D eigenvalue weighted by Crippen LogP contribution is 2.17. The zero-order valence-electron chi connectivity index (χ0n) is 15.0. The number of ketones is 1. The Balaban J connectivity index is 1.94. The number of nitrogens with zero attached hydrogens (tertiary/aromatic N) is 1.